The van der Waals surface area contributed by atoms with E-state index in [1.807, 2.05) is 6.07 Å². The second kappa shape index (κ2) is 5.94. The molecule has 2 rings (SSSR count). The van der Waals surface area contributed by atoms with E-state index in [2.05, 4.69) is 37.2 Å². The first-order valence-corrected chi connectivity index (χ1v) is 7.18. The minimum atomic E-state index is -0.428. The van der Waals surface area contributed by atoms with Crippen molar-refractivity contribution in [1.82, 2.24) is 0 Å². The summed E-state index contributed by atoms with van der Waals surface area (Å²) in [6.07, 6.45) is 0. The Hall–Kier alpha value is -1.04. The van der Waals surface area contributed by atoms with Crippen LogP contribution in [-0.4, -0.2) is 11.0 Å². The lowest BCUT2D eigenvalue weighted by Crippen LogP contribution is -2.12. The van der Waals surface area contributed by atoms with Crippen LogP contribution in [0.25, 0.3) is 0 Å². The smallest absolute Gasteiger partial charge is 0.259 e. The van der Waals surface area contributed by atoms with Crippen LogP contribution in [0.5, 0.6) is 5.75 Å². The highest BCUT2D eigenvalue weighted by Gasteiger charge is 2.13. The maximum absolute atomic E-state index is 12.1. The molecular weight excluding hydrogens is 397 g/mol. The summed E-state index contributed by atoms with van der Waals surface area (Å²) in [6, 6.07) is 9.68. The molecule has 19 heavy (non-hydrogen) atoms. The van der Waals surface area contributed by atoms with Gasteiger partial charge in [0.15, 0.2) is 0 Å². The number of benzene rings is 2. The van der Waals surface area contributed by atoms with Gasteiger partial charge in [0.1, 0.15) is 5.75 Å². The summed E-state index contributed by atoms with van der Waals surface area (Å²) in [5, 5.41) is 12.7. The zero-order chi connectivity index (χ0) is 14.0. The predicted molar refractivity (Wildman–Crippen MR) is 82.9 cm³/mol. The molecule has 0 bridgehead atoms. The van der Waals surface area contributed by atoms with E-state index in [1.54, 1.807) is 12.1 Å². The number of carbonyl (C=O) groups is 1. The van der Waals surface area contributed by atoms with Crippen LogP contribution in [-0.2, 0) is 0 Å². The van der Waals surface area contributed by atoms with Crippen molar-refractivity contribution in [3.8, 4) is 5.75 Å². The molecule has 0 atom stereocenters. The fraction of sp³-hybridized carbons (Fsp3) is 0. The van der Waals surface area contributed by atoms with E-state index in [9.17, 15) is 9.90 Å². The number of phenolic OH excluding ortho intramolecular Hbond substituents is 1. The largest absolute Gasteiger partial charge is 0.507 e. The zero-order valence-electron chi connectivity index (χ0n) is 9.45. The van der Waals surface area contributed by atoms with Crippen LogP contribution in [0.15, 0.2) is 45.3 Å². The molecule has 0 aliphatic carbocycles. The Morgan fingerprint density at radius 3 is 2.58 bits per heavy atom. The molecule has 98 valence electrons. The maximum Gasteiger partial charge on any atom is 0.259 e. The highest BCUT2D eigenvalue weighted by molar-refractivity contribution is 9.11. The predicted octanol–water partition coefficient (Wildman–Crippen LogP) is 4.82. The molecule has 0 aliphatic heterocycles. The van der Waals surface area contributed by atoms with Gasteiger partial charge in [0.2, 0.25) is 0 Å². The second-order valence-electron chi connectivity index (χ2n) is 3.74. The third kappa shape index (κ3) is 3.49. The number of nitrogens with one attached hydrogen (secondary N) is 1. The van der Waals surface area contributed by atoms with Gasteiger partial charge in [-0.3, -0.25) is 4.79 Å². The van der Waals surface area contributed by atoms with Crippen molar-refractivity contribution in [2.75, 3.05) is 5.32 Å². The Balaban J connectivity index is 2.28. The van der Waals surface area contributed by atoms with Gasteiger partial charge in [0.05, 0.1) is 11.3 Å². The van der Waals surface area contributed by atoms with Crippen LogP contribution < -0.4 is 5.32 Å². The van der Waals surface area contributed by atoms with Gasteiger partial charge >= 0.3 is 0 Å². The van der Waals surface area contributed by atoms with Crippen molar-refractivity contribution in [3.63, 3.8) is 0 Å². The van der Waals surface area contributed by atoms with Crippen LogP contribution in [0.3, 0.4) is 0 Å². The molecule has 3 nitrogen and oxygen atoms in total. The number of phenols is 1. The van der Waals surface area contributed by atoms with Gasteiger partial charge in [0, 0.05) is 14.0 Å². The Morgan fingerprint density at radius 1 is 1.16 bits per heavy atom. The van der Waals surface area contributed by atoms with Gasteiger partial charge in [-0.15, -0.1) is 0 Å². The molecule has 0 heterocycles. The average molecular weight is 405 g/mol. The lowest BCUT2D eigenvalue weighted by atomic mass is 10.2. The summed E-state index contributed by atoms with van der Waals surface area (Å²) < 4.78 is 1.62. The van der Waals surface area contributed by atoms with E-state index in [-0.39, 0.29) is 11.3 Å². The number of hydrogen-bond acceptors (Lipinski definition) is 2. The minimum absolute atomic E-state index is 0.116. The molecule has 2 N–H and O–H groups in total. The first kappa shape index (κ1) is 14.4. The summed E-state index contributed by atoms with van der Waals surface area (Å²) >= 11 is 12.5. The number of hydrogen-bond donors (Lipinski definition) is 2. The van der Waals surface area contributed by atoms with E-state index in [4.69, 9.17) is 11.6 Å². The maximum atomic E-state index is 12.1. The van der Waals surface area contributed by atoms with Crippen molar-refractivity contribution in [2.24, 2.45) is 0 Å². The van der Waals surface area contributed by atoms with Crippen molar-refractivity contribution in [1.29, 1.82) is 0 Å². The van der Waals surface area contributed by atoms with Crippen molar-refractivity contribution in [3.05, 3.63) is 55.9 Å². The minimum Gasteiger partial charge on any atom is -0.507 e. The summed E-state index contributed by atoms with van der Waals surface area (Å²) in [6.45, 7) is 0. The van der Waals surface area contributed by atoms with Gasteiger partial charge in [-0.25, -0.2) is 0 Å². The van der Waals surface area contributed by atoms with E-state index in [1.165, 1.54) is 18.2 Å². The fourth-order valence-electron chi connectivity index (χ4n) is 1.47. The molecule has 0 saturated heterocycles. The highest BCUT2D eigenvalue weighted by Crippen LogP contribution is 2.28. The van der Waals surface area contributed by atoms with E-state index >= 15 is 0 Å². The van der Waals surface area contributed by atoms with Gasteiger partial charge in [-0.2, -0.15) is 0 Å². The Morgan fingerprint density at radius 2 is 1.89 bits per heavy atom. The number of halogens is 3. The third-order valence-electron chi connectivity index (χ3n) is 2.38. The first-order valence-electron chi connectivity index (χ1n) is 5.22. The molecule has 1 amide bonds. The molecule has 0 aromatic heterocycles. The second-order valence-corrected chi connectivity index (χ2v) is 5.95. The van der Waals surface area contributed by atoms with E-state index < -0.39 is 5.91 Å². The van der Waals surface area contributed by atoms with E-state index in [0.29, 0.717) is 10.7 Å². The number of rotatable bonds is 2. The fourth-order valence-corrected chi connectivity index (χ4v) is 2.79. The molecule has 2 aromatic carbocycles. The summed E-state index contributed by atoms with van der Waals surface area (Å²) in [5.41, 5.74) is 0.731. The summed E-state index contributed by atoms with van der Waals surface area (Å²) in [5.74, 6) is -0.543. The first-order chi connectivity index (χ1) is 8.97. The molecular formula is C13H8Br2ClNO2. The molecule has 0 spiro atoms. The number of anilines is 1. The molecule has 0 fully saturated rings. The van der Waals surface area contributed by atoms with Gasteiger partial charge in [-0.05, 0) is 52.3 Å². The highest BCUT2D eigenvalue weighted by atomic mass is 79.9. The molecule has 6 heteroatoms. The molecule has 0 aliphatic rings. The number of carbonyl (C=O) groups excluding carboxylic acids is 1. The van der Waals surface area contributed by atoms with Crippen LogP contribution in [0, 0.1) is 0 Å². The number of amides is 1. The van der Waals surface area contributed by atoms with Gasteiger partial charge < -0.3 is 10.4 Å². The Labute approximate surface area is 131 Å². The quantitative estimate of drug-likeness (QED) is 0.752. The van der Waals surface area contributed by atoms with Crippen LogP contribution in [0.4, 0.5) is 5.69 Å². The topological polar surface area (TPSA) is 49.3 Å². The van der Waals surface area contributed by atoms with Crippen molar-refractivity contribution in [2.45, 2.75) is 0 Å². The van der Waals surface area contributed by atoms with Gasteiger partial charge in [-0.1, -0.05) is 27.5 Å². The monoisotopic (exact) mass is 403 g/mol. The van der Waals surface area contributed by atoms with Crippen LogP contribution >= 0.6 is 43.5 Å². The van der Waals surface area contributed by atoms with Crippen LogP contribution in [0.1, 0.15) is 10.4 Å². The van der Waals surface area contributed by atoms with E-state index in [0.717, 1.165) is 8.95 Å². The lowest BCUT2D eigenvalue weighted by Gasteiger charge is -2.09. The number of aromatic hydroxyl groups is 1. The third-order valence-corrected chi connectivity index (χ3v) is 3.77. The SMILES string of the molecule is O=C(Nc1ccc(Br)cc1Br)c1cc(Cl)ccc1O. The van der Waals surface area contributed by atoms with Crippen molar-refractivity contribution >= 4 is 55.1 Å². The van der Waals surface area contributed by atoms with Gasteiger partial charge in [0.25, 0.3) is 5.91 Å². The molecule has 0 saturated carbocycles. The normalized spacial score (nSPS) is 10.3. The summed E-state index contributed by atoms with van der Waals surface area (Å²) in [7, 11) is 0. The Bertz CT molecular complexity index is 647. The molecule has 0 radical (unpaired) electrons. The lowest BCUT2D eigenvalue weighted by molar-refractivity contribution is 0.102. The Kier molecular flexibility index (Phi) is 4.50. The zero-order valence-corrected chi connectivity index (χ0v) is 13.4. The standard InChI is InChI=1S/C13H8Br2ClNO2/c14-7-1-3-11(10(15)5-7)17-13(19)9-6-8(16)2-4-12(9)18/h1-6,18H,(H,17,19). The molecule has 2 aromatic rings. The average Bonchev–Trinajstić information content (AvgIpc) is 2.35. The summed E-state index contributed by atoms with van der Waals surface area (Å²) in [4.78, 5) is 12.1. The molecule has 0 unspecified atom stereocenters. The van der Waals surface area contributed by atoms with Crippen LogP contribution in [0.2, 0.25) is 5.02 Å². The van der Waals surface area contributed by atoms with Crippen molar-refractivity contribution < 1.29 is 9.90 Å².